The predicted octanol–water partition coefficient (Wildman–Crippen LogP) is 4.71. The van der Waals surface area contributed by atoms with E-state index in [9.17, 15) is 14.7 Å². The molecule has 1 aliphatic heterocycles. The number of rotatable bonds is 10. The van der Waals surface area contributed by atoms with Gasteiger partial charge in [0.15, 0.2) is 11.5 Å². The zero-order valence-electron chi connectivity index (χ0n) is 19.6. The first-order valence-corrected chi connectivity index (χ1v) is 11.2. The summed E-state index contributed by atoms with van der Waals surface area (Å²) >= 11 is 0. The van der Waals surface area contributed by atoms with Crippen LogP contribution >= 0.6 is 0 Å². The summed E-state index contributed by atoms with van der Waals surface area (Å²) < 4.78 is 16.7. The summed E-state index contributed by atoms with van der Waals surface area (Å²) in [6.45, 7) is 4.93. The van der Waals surface area contributed by atoms with Gasteiger partial charge in [0.25, 0.3) is 11.7 Å². The molecule has 7 nitrogen and oxygen atoms in total. The molecule has 0 radical (unpaired) electrons. The molecule has 1 amide bonds. The van der Waals surface area contributed by atoms with Gasteiger partial charge in [0, 0.05) is 17.7 Å². The molecule has 0 aromatic heterocycles. The molecule has 2 aromatic rings. The first-order chi connectivity index (χ1) is 16.0. The molecule has 1 fully saturated rings. The van der Waals surface area contributed by atoms with E-state index in [0.29, 0.717) is 41.5 Å². The van der Waals surface area contributed by atoms with E-state index >= 15 is 0 Å². The van der Waals surface area contributed by atoms with Crippen LogP contribution in [0.15, 0.2) is 48.0 Å². The van der Waals surface area contributed by atoms with Crippen LogP contribution in [0.5, 0.6) is 17.2 Å². The Bertz CT molecular complexity index is 1040. The van der Waals surface area contributed by atoms with Gasteiger partial charge in [-0.15, -0.1) is 0 Å². The van der Waals surface area contributed by atoms with Crippen LogP contribution in [0.1, 0.15) is 50.3 Å². The molecule has 2 aromatic carbocycles. The topological polar surface area (TPSA) is 85.3 Å². The minimum absolute atomic E-state index is 0.0234. The van der Waals surface area contributed by atoms with Gasteiger partial charge in [-0.3, -0.25) is 9.59 Å². The van der Waals surface area contributed by atoms with Crippen molar-refractivity contribution in [3.8, 4) is 17.2 Å². The van der Waals surface area contributed by atoms with Gasteiger partial charge in [-0.25, -0.2) is 0 Å². The van der Waals surface area contributed by atoms with Crippen molar-refractivity contribution in [2.24, 2.45) is 0 Å². The number of carbonyl (C=O) groups is 2. The highest BCUT2D eigenvalue weighted by Gasteiger charge is 2.47. The monoisotopic (exact) mass is 453 g/mol. The Kier molecular flexibility index (Phi) is 7.98. The van der Waals surface area contributed by atoms with E-state index in [4.69, 9.17) is 14.2 Å². The summed E-state index contributed by atoms with van der Waals surface area (Å²) in [5.74, 6) is -0.136. The fourth-order valence-electron chi connectivity index (χ4n) is 4.00. The molecule has 1 aliphatic rings. The number of amides is 1. The molecule has 0 saturated carbocycles. The van der Waals surface area contributed by atoms with Crippen LogP contribution in [-0.2, 0) is 9.59 Å². The number of ether oxygens (including phenoxy) is 3. The largest absolute Gasteiger partial charge is 0.507 e. The number of ketones is 1. The van der Waals surface area contributed by atoms with E-state index in [2.05, 4.69) is 0 Å². The Morgan fingerprint density at radius 2 is 1.79 bits per heavy atom. The number of nitrogens with zero attached hydrogens (tertiary/aromatic N) is 1. The fourth-order valence-corrected chi connectivity index (χ4v) is 4.00. The maximum Gasteiger partial charge on any atom is 0.295 e. The SMILES string of the molecule is CCCCN1C(=O)C(=O)/C(=C(/O)c2cccc(OCCC)c2)C1c1cccc(OC)c1OC. The third kappa shape index (κ3) is 4.82. The third-order valence-corrected chi connectivity index (χ3v) is 5.60. The van der Waals surface area contributed by atoms with E-state index in [0.717, 1.165) is 19.3 Å². The van der Waals surface area contributed by atoms with Crippen LogP contribution in [0.2, 0.25) is 0 Å². The van der Waals surface area contributed by atoms with Crippen molar-refractivity contribution >= 4 is 17.4 Å². The van der Waals surface area contributed by atoms with Crippen molar-refractivity contribution in [3.05, 3.63) is 59.2 Å². The maximum absolute atomic E-state index is 13.2. The normalized spacial score (nSPS) is 17.3. The summed E-state index contributed by atoms with van der Waals surface area (Å²) in [4.78, 5) is 27.7. The van der Waals surface area contributed by atoms with Crippen LogP contribution in [-0.4, -0.2) is 49.1 Å². The van der Waals surface area contributed by atoms with Crippen molar-refractivity contribution in [2.45, 2.75) is 39.2 Å². The summed E-state index contributed by atoms with van der Waals surface area (Å²) in [6.07, 6.45) is 2.41. The first kappa shape index (κ1) is 24.2. The molecule has 0 spiro atoms. The second kappa shape index (κ2) is 10.9. The summed E-state index contributed by atoms with van der Waals surface area (Å²) in [5, 5.41) is 11.3. The highest BCUT2D eigenvalue weighted by molar-refractivity contribution is 6.46. The summed E-state index contributed by atoms with van der Waals surface area (Å²) in [7, 11) is 3.03. The molecule has 1 unspecified atom stereocenters. The van der Waals surface area contributed by atoms with Crippen molar-refractivity contribution in [1.82, 2.24) is 4.90 Å². The number of unbranched alkanes of at least 4 members (excludes halogenated alkanes) is 1. The zero-order valence-corrected chi connectivity index (χ0v) is 19.6. The van der Waals surface area contributed by atoms with Crippen LogP contribution in [0, 0.1) is 0 Å². The van der Waals surface area contributed by atoms with Crippen molar-refractivity contribution < 1.29 is 28.9 Å². The lowest BCUT2D eigenvalue weighted by molar-refractivity contribution is -0.139. The van der Waals surface area contributed by atoms with Gasteiger partial charge >= 0.3 is 0 Å². The number of aliphatic hydroxyl groups is 1. The molecule has 176 valence electrons. The lowest BCUT2D eigenvalue weighted by Crippen LogP contribution is -2.30. The number of carbonyl (C=O) groups excluding carboxylic acids is 2. The number of hydrogen-bond acceptors (Lipinski definition) is 6. The highest BCUT2D eigenvalue weighted by Crippen LogP contribution is 2.45. The highest BCUT2D eigenvalue weighted by atomic mass is 16.5. The Labute approximate surface area is 194 Å². The standard InChI is InChI=1S/C26H31NO6/c1-5-7-14-27-22(19-12-9-13-20(31-3)25(19)32-4)21(24(29)26(27)30)23(28)17-10-8-11-18(16-17)33-15-6-2/h8-13,16,22,28H,5-7,14-15H2,1-4H3/b23-21+. The molecule has 1 N–H and O–H groups in total. The van der Waals surface area contributed by atoms with Crippen LogP contribution in [0.3, 0.4) is 0 Å². The minimum Gasteiger partial charge on any atom is -0.507 e. The van der Waals surface area contributed by atoms with Crippen LogP contribution < -0.4 is 14.2 Å². The van der Waals surface area contributed by atoms with Gasteiger partial charge in [0.05, 0.1) is 32.4 Å². The lowest BCUT2D eigenvalue weighted by atomic mass is 9.94. The second-order valence-corrected chi connectivity index (χ2v) is 7.81. The molecule has 0 bridgehead atoms. The number of likely N-dealkylation sites (tertiary alicyclic amines) is 1. The molecule has 33 heavy (non-hydrogen) atoms. The Balaban J connectivity index is 2.20. The van der Waals surface area contributed by atoms with E-state index in [-0.39, 0.29) is 11.3 Å². The third-order valence-electron chi connectivity index (χ3n) is 5.60. The smallest absolute Gasteiger partial charge is 0.295 e. The molecule has 1 saturated heterocycles. The summed E-state index contributed by atoms with van der Waals surface area (Å²) in [6, 6.07) is 11.4. The van der Waals surface area contributed by atoms with Crippen molar-refractivity contribution in [1.29, 1.82) is 0 Å². The van der Waals surface area contributed by atoms with Crippen molar-refractivity contribution in [3.63, 3.8) is 0 Å². The predicted molar refractivity (Wildman–Crippen MR) is 126 cm³/mol. The average Bonchev–Trinajstić information content (AvgIpc) is 3.09. The van der Waals surface area contributed by atoms with E-state index in [1.54, 1.807) is 42.5 Å². The number of methoxy groups -OCH3 is 2. The zero-order chi connectivity index (χ0) is 24.0. The second-order valence-electron chi connectivity index (χ2n) is 7.81. The quantitative estimate of drug-likeness (QED) is 0.318. The molecule has 7 heteroatoms. The number of benzene rings is 2. The summed E-state index contributed by atoms with van der Waals surface area (Å²) in [5.41, 5.74) is 1.01. The Morgan fingerprint density at radius 1 is 1.03 bits per heavy atom. The Morgan fingerprint density at radius 3 is 2.45 bits per heavy atom. The number of hydrogen-bond donors (Lipinski definition) is 1. The molecule has 1 atom stereocenters. The van der Waals surface area contributed by atoms with E-state index in [1.807, 2.05) is 13.8 Å². The molecule has 1 heterocycles. The van der Waals surface area contributed by atoms with Gasteiger partial charge in [-0.05, 0) is 31.0 Å². The van der Waals surface area contributed by atoms with Gasteiger partial charge in [0.2, 0.25) is 0 Å². The Hall–Kier alpha value is -3.48. The number of aliphatic hydroxyl groups excluding tert-OH is 1. The van der Waals surface area contributed by atoms with Gasteiger partial charge < -0.3 is 24.2 Å². The van der Waals surface area contributed by atoms with Gasteiger partial charge in [-0.2, -0.15) is 0 Å². The van der Waals surface area contributed by atoms with Gasteiger partial charge in [0.1, 0.15) is 11.5 Å². The average molecular weight is 454 g/mol. The first-order valence-electron chi connectivity index (χ1n) is 11.2. The molecular weight excluding hydrogens is 422 g/mol. The molecule has 3 rings (SSSR count). The minimum atomic E-state index is -0.804. The molecular formula is C26H31NO6. The maximum atomic E-state index is 13.2. The lowest BCUT2D eigenvalue weighted by Gasteiger charge is -2.27. The van der Waals surface area contributed by atoms with Crippen LogP contribution in [0.4, 0.5) is 0 Å². The van der Waals surface area contributed by atoms with E-state index < -0.39 is 17.7 Å². The van der Waals surface area contributed by atoms with Crippen LogP contribution in [0.25, 0.3) is 5.76 Å². The fraction of sp³-hybridized carbons (Fsp3) is 0.385. The molecule has 0 aliphatic carbocycles. The number of para-hydroxylation sites is 1. The van der Waals surface area contributed by atoms with E-state index in [1.165, 1.54) is 19.1 Å². The van der Waals surface area contributed by atoms with Crippen molar-refractivity contribution in [2.75, 3.05) is 27.4 Å². The van der Waals surface area contributed by atoms with Gasteiger partial charge in [-0.1, -0.05) is 44.5 Å². The number of Topliss-reactive ketones (excluding diaryl/α,β-unsaturated/α-hetero) is 1.